The molecular formula is C17H26N2O3. The fourth-order valence-corrected chi connectivity index (χ4v) is 2.70. The van der Waals surface area contributed by atoms with Crippen LogP contribution in [0, 0.1) is 0 Å². The normalized spacial score (nSPS) is 19.2. The lowest BCUT2D eigenvalue weighted by Gasteiger charge is -2.26. The summed E-state index contributed by atoms with van der Waals surface area (Å²) in [5, 5.41) is 2.95. The van der Waals surface area contributed by atoms with Crippen LogP contribution < -0.4 is 10.1 Å². The monoisotopic (exact) mass is 306 g/mol. The van der Waals surface area contributed by atoms with Gasteiger partial charge in [0.1, 0.15) is 5.75 Å². The molecule has 122 valence electrons. The third-order valence-electron chi connectivity index (χ3n) is 4.19. The molecule has 1 N–H and O–H groups in total. The van der Waals surface area contributed by atoms with E-state index in [0.29, 0.717) is 13.1 Å². The third-order valence-corrected chi connectivity index (χ3v) is 4.19. The number of amides is 1. The number of carbonyl (C=O) groups is 1. The van der Waals surface area contributed by atoms with Crippen LogP contribution in [0.25, 0.3) is 0 Å². The average molecular weight is 306 g/mol. The van der Waals surface area contributed by atoms with Gasteiger partial charge in [-0.15, -0.1) is 0 Å². The lowest BCUT2D eigenvalue weighted by molar-refractivity contribution is -0.122. The Morgan fingerprint density at radius 1 is 1.50 bits per heavy atom. The van der Waals surface area contributed by atoms with Gasteiger partial charge < -0.3 is 14.8 Å². The number of hydrogen-bond donors (Lipinski definition) is 1. The first-order valence-corrected chi connectivity index (χ1v) is 7.83. The highest BCUT2D eigenvalue weighted by Crippen LogP contribution is 2.27. The second-order valence-corrected chi connectivity index (χ2v) is 5.77. The van der Waals surface area contributed by atoms with Crippen molar-refractivity contribution in [1.82, 2.24) is 10.2 Å². The Bertz CT molecular complexity index is 487. The van der Waals surface area contributed by atoms with Crippen LogP contribution in [0.1, 0.15) is 31.4 Å². The minimum absolute atomic E-state index is 0.0275. The van der Waals surface area contributed by atoms with Gasteiger partial charge >= 0.3 is 0 Å². The van der Waals surface area contributed by atoms with Crippen LogP contribution in [-0.4, -0.2) is 50.8 Å². The molecule has 0 unspecified atom stereocenters. The molecular weight excluding hydrogens is 280 g/mol. The molecule has 1 amide bonds. The number of nitrogens with zero attached hydrogens (tertiary/aromatic N) is 1. The summed E-state index contributed by atoms with van der Waals surface area (Å²) < 4.78 is 10.9. The lowest BCUT2D eigenvalue weighted by atomic mass is 10.1. The van der Waals surface area contributed by atoms with E-state index in [-0.39, 0.29) is 18.1 Å². The first-order chi connectivity index (χ1) is 10.6. The molecule has 22 heavy (non-hydrogen) atoms. The highest BCUT2D eigenvalue weighted by atomic mass is 16.5. The van der Waals surface area contributed by atoms with Gasteiger partial charge in [0.2, 0.25) is 5.91 Å². The smallest absolute Gasteiger partial charge is 0.234 e. The third kappa shape index (κ3) is 4.45. The zero-order chi connectivity index (χ0) is 15.9. The van der Waals surface area contributed by atoms with Gasteiger partial charge in [-0.1, -0.05) is 18.2 Å². The minimum Gasteiger partial charge on any atom is -0.496 e. The van der Waals surface area contributed by atoms with E-state index in [0.717, 1.165) is 30.8 Å². The van der Waals surface area contributed by atoms with E-state index in [1.54, 1.807) is 7.11 Å². The molecule has 0 aromatic heterocycles. The van der Waals surface area contributed by atoms with Crippen LogP contribution in [-0.2, 0) is 9.53 Å². The zero-order valence-electron chi connectivity index (χ0n) is 13.7. The van der Waals surface area contributed by atoms with E-state index in [1.165, 1.54) is 0 Å². The number of nitrogens with one attached hydrogen (secondary N) is 1. The number of para-hydroxylation sites is 1. The molecule has 1 aromatic carbocycles. The quantitative estimate of drug-likeness (QED) is 0.837. The largest absolute Gasteiger partial charge is 0.496 e. The number of methoxy groups -OCH3 is 1. The van der Waals surface area contributed by atoms with Gasteiger partial charge in [0.25, 0.3) is 0 Å². The number of ether oxygens (including phenoxy) is 2. The van der Waals surface area contributed by atoms with Gasteiger partial charge in [-0.25, -0.2) is 0 Å². The molecule has 1 fully saturated rings. The van der Waals surface area contributed by atoms with E-state index in [9.17, 15) is 4.79 Å². The summed E-state index contributed by atoms with van der Waals surface area (Å²) in [5.74, 6) is 0.876. The van der Waals surface area contributed by atoms with Crippen LogP contribution in [0.2, 0.25) is 0 Å². The van der Waals surface area contributed by atoms with E-state index in [1.807, 2.05) is 36.2 Å². The van der Waals surface area contributed by atoms with Gasteiger partial charge in [0.05, 0.1) is 19.8 Å². The second-order valence-electron chi connectivity index (χ2n) is 5.77. The Morgan fingerprint density at radius 3 is 2.95 bits per heavy atom. The average Bonchev–Trinajstić information content (AvgIpc) is 3.05. The van der Waals surface area contributed by atoms with Crippen LogP contribution in [0.5, 0.6) is 5.75 Å². The summed E-state index contributed by atoms with van der Waals surface area (Å²) in [5.41, 5.74) is 1.08. The topological polar surface area (TPSA) is 50.8 Å². The molecule has 2 atom stereocenters. The van der Waals surface area contributed by atoms with Crippen molar-refractivity contribution < 1.29 is 14.3 Å². The Labute approximate surface area is 132 Å². The molecule has 5 heteroatoms. The maximum atomic E-state index is 12.1. The van der Waals surface area contributed by atoms with Crippen molar-refractivity contribution in [2.75, 3.05) is 33.9 Å². The van der Waals surface area contributed by atoms with E-state index in [2.05, 4.69) is 12.2 Å². The van der Waals surface area contributed by atoms with E-state index in [4.69, 9.17) is 9.47 Å². The summed E-state index contributed by atoms with van der Waals surface area (Å²) in [6.45, 7) is 3.85. The van der Waals surface area contributed by atoms with E-state index >= 15 is 0 Å². The molecule has 1 aromatic rings. The van der Waals surface area contributed by atoms with Crippen LogP contribution in [0.3, 0.4) is 0 Å². The Kier molecular flexibility index (Phi) is 6.21. The Balaban J connectivity index is 1.84. The van der Waals surface area contributed by atoms with Crippen molar-refractivity contribution >= 4 is 5.91 Å². The summed E-state index contributed by atoms with van der Waals surface area (Å²) >= 11 is 0. The summed E-state index contributed by atoms with van der Waals surface area (Å²) in [6.07, 6.45) is 2.31. The van der Waals surface area contributed by atoms with Crippen LogP contribution >= 0.6 is 0 Å². The number of carbonyl (C=O) groups excluding carboxylic acids is 1. The Morgan fingerprint density at radius 2 is 2.27 bits per heavy atom. The standard InChI is InChI=1S/C17H26N2O3/c1-13(15-8-4-5-9-16(15)21-3)19(2)12-17(20)18-11-14-7-6-10-22-14/h4-5,8-9,13-14H,6-7,10-12H2,1-3H3,(H,18,20)/t13-,14-/m1/s1. The molecule has 1 aliphatic heterocycles. The number of rotatable bonds is 7. The SMILES string of the molecule is COc1ccccc1[C@@H](C)N(C)CC(=O)NC[C@H]1CCCO1. The van der Waals surface area contributed by atoms with E-state index < -0.39 is 0 Å². The number of hydrogen-bond acceptors (Lipinski definition) is 4. The molecule has 1 saturated heterocycles. The first-order valence-electron chi connectivity index (χ1n) is 7.83. The van der Waals surface area contributed by atoms with Crippen molar-refractivity contribution in [1.29, 1.82) is 0 Å². The maximum absolute atomic E-state index is 12.1. The number of likely N-dealkylation sites (N-methyl/N-ethyl adjacent to an activating group) is 1. The second kappa shape index (κ2) is 8.15. The molecule has 1 heterocycles. The van der Waals surface area contributed by atoms with Gasteiger partial charge in [-0.2, -0.15) is 0 Å². The fourth-order valence-electron chi connectivity index (χ4n) is 2.70. The molecule has 5 nitrogen and oxygen atoms in total. The predicted octanol–water partition coefficient (Wildman–Crippen LogP) is 1.98. The lowest BCUT2D eigenvalue weighted by Crippen LogP contribution is -2.39. The molecule has 0 saturated carbocycles. The summed E-state index contributed by atoms with van der Waals surface area (Å²) in [6, 6.07) is 8.01. The summed E-state index contributed by atoms with van der Waals surface area (Å²) in [7, 11) is 3.61. The van der Waals surface area contributed by atoms with Gasteiger partial charge in [0, 0.05) is 24.8 Å². The molecule has 1 aliphatic rings. The van der Waals surface area contributed by atoms with Crippen molar-refractivity contribution in [2.24, 2.45) is 0 Å². The molecule has 0 spiro atoms. The summed E-state index contributed by atoms with van der Waals surface area (Å²) in [4.78, 5) is 14.1. The maximum Gasteiger partial charge on any atom is 0.234 e. The molecule has 0 bridgehead atoms. The molecule has 2 rings (SSSR count). The van der Waals surface area contributed by atoms with Crippen LogP contribution in [0.15, 0.2) is 24.3 Å². The van der Waals surface area contributed by atoms with Crippen molar-refractivity contribution in [3.05, 3.63) is 29.8 Å². The fraction of sp³-hybridized carbons (Fsp3) is 0.588. The molecule has 0 aliphatic carbocycles. The van der Waals surface area contributed by atoms with Crippen molar-refractivity contribution in [3.63, 3.8) is 0 Å². The highest BCUT2D eigenvalue weighted by Gasteiger charge is 2.20. The minimum atomic E-state index is 0.0275. The first kappa shape index (κ1) is 16.8. The number of benzene rings is 1. The van der Waals surface area contributed by atoms with Crippen molar-refractivity contribution in [2.45, 2.75) is 31.9 Å². The van der Waals surface area contributed by atoms with Gasteiger partial charge in [0.15, 0.2) is 0 Å². The predicted molar refractivity (Wildman–Crippen MR) is 86.0 cm³/mol. The van der Waals surface area contributed by atoms with Crippen LogP contribution in [0.4, 0.5) is 0 Å². The van der Waals surface area contributed by atoms with Gasteiger partial charge in [-0.3, -0.25) is 9.69 Å². The van der Waals surface area contributed by atoms with Crippen molar-refractivity contribution in [3.8, 4) is 5.75 Å². The van der Waals surface area contributed by atoms with Gasteiger partial charge in [-0.05, 0) is 32.9 Å². The Hall–Kier alpha value is -1.59. The zero-order valence-corrected chi connectivity index (χ0v) is 13.7. The highest BCUT2D eigenvalue weighted by molar-refractivity contribution is 5.78. The molecule has 0 radical (unpaired) electrons.